The topological polar surface area (TPSA) is 72.9 Å². The number of amides is 1. The van der Waals surface area contributed by atoms with Crippen molar-refractivity contribution in [2.24, 2.45) is 5.73 Å². The van der Waals surface area contributed by atoms with Gasteiger partial charge in [-0.2, -0.15) is 5.10 Å². The van der Waals surface area contributed by atoms with Gasteiger partial charge in [0.1, 0.15) is 6.04 Å². The normalized spacial score (nSPS) is 12.7. The van der Waals surface area contributed by atoms with E-state index in [1.54, 1.807) is 10.9 Å². The van der Waals surface area contributed by atoms with E-state index in [2.05, 4.69) is 10.4 Å². The van der Waals surface area contributed by atoms with Crippen molar-refractivity contribution in [2.75, 3.05) is 6.54 Å². The van der Waals surface area contributed by atoms with Gasteiger partial charge in [-0.3, -0.25) is 9.48 Å². The van der Waals surface area contributed by atoms with E-state index in [9.17, 15) is 4.79 Å². The van der Waals surface area contributed by atoms with E-state index < -0.39 is 0 Å². The van der Waals surface area contributed by atoms with E-state index in [0.717, 1.165) is 5.69 Å². The first-order chi connectivity index (χ1) is 6.65. The molecule has 1 heterocycles. The minimum Gasteiger partial charge on any atom is -0.368 e. The second-order valence-electron chi connectivity index (χ2n) is 3.17. The van der Waals surface area contributed by atoms with Gasteiger partial charge >= 0.3 is 0 Å². The molecule has 78 valence electrons. The van der Waals surface area contributed by atoms with Gasteiger partial charge in [0.05, 0.1) is 6.54 Å². The number of aromatic nitrogens is 2. The average Bonchev–Trinajstić information content (AvgIpc) is 2.51. The number of carbonyl (C=O) groups excluding carboxylic acids is 1. The predicted molar refractivity (Wildman–Crippen MR) is 53.6 cm³/mol. The summed E-state index contributed by atoms with van der Waals surface area (Å²) in [5.74, 6) is -0.346. The highest BCUT2D eigenvalue weighted by Gasteiger charge is 2.15. The molecule has 0 aliphatic heterocycles. The highest BCUT2D eigenvalue weighted by molar-refractivity contribution is 5.79. The summed E-state index contributed by atoms with van der Waals surface area (Å²) in [6.45, 7) is 5.08. The molecule has 5 heteroatoms. The van der Waals surface area contributed by atoms with Crippen molar-refractivity contribution in [1.82, 2.24) is 15.1 Å². The summed E-state index contributed by atoms with van der Waals surface area (Å²) in [5.41, 5.74) is 6.27. The summed E-state index contributed by atoms with van der Waals surface area (Å²) < 4.78 is 1.76. The predicted octanol–water partition coefficient (Wildman–Crippen LogP) is -0.345. The van der Waals surface area contributed by atoms with Gasteiger partial charge in [0, 0.05) is 11.9 Å². The van der Waals surface area contributed by atoms with Crippen LogP contribution in [0.2, 0.25) is 0 Å². The molecule has 14 heavy (non-hydrogen) atoms. The molecule has 0 saturated heterocycles. The van der Waals surface area contributed by atoms with Crippen LogP contribution in [0.4, 0.5) is 0 Å². The Hall–Kier alpha value is -1.36. The molecule has 1 rings (SSSR count). The monoisotopic (exact) mass is 196 g/mol. The van der Waals surface area contributed by atoms with Gasteiger partial charge < -0.3 is 11.1 Å². The molecule has 1 unspecified atom stereocenters. The molecule has 3 N–H and O–H groups in total. The Labute approximate surface area is 83.3 Å². The highest BCUT2D eigenvalue weighted by atomic mass is 16.1. The van der Waals surface area contributed by atoms with Gasteiger partial charge in [-0.05, 0) is 19.5 Å². The maximum Gasteiger partial charge on any atom is 0.236 e. The summed E-state index contributed by atoms with van der Waals surface area (Å²) in [6, 6.07) is 1.54. The van der Waals surface area contributed by atoms with Gasteiger partial charge in [0.2, 0.25) is 5.91 Å². The van der Waals surface area contributed by atoms with Crippen molar-refractivity contribution in [1.29, 1.82) is 0 Å². The Balaban J connectivity index is 2.64. The lowest BCUT2D eigenvalue weighted by Crippen LogP contribution is -2.44. The van der Waals surface area contributed by atoms with Gasteiger partial charge in [-0.25, -0.2) is 0 Å². The molecule has 0 bridgehead atoms. The molecule has 1 aromatic heterocycles. The number of likely N-dealkylation sites (N-methyl/N-ethyl adjacent to an activating group) is 1. The molecule has 1 atom stereocenters. The minimum atomic E-state index is -0.349. The van der Waals surface area contributed by atoms with E-state index in [1.807, 2.05) is 19.9 Å². The first-order valence-corrected chi connectivity index (χ1v) is 4.66. The molecule has 5 nitrogen and oxygen atoms in total. The number of nitrogens with two attached hydrogens (primary N) is 1. The Kier molecular flexibility index (Phi) is 3.64. The lowest BCUT2D eigenvalue weighted by molar-refractivity contribution is -0.120. The van der Waals surface area contributed by atoms with Gasteiger partial charge in [0.15, 0.2) is 0 Å². The lowest BCUT2D eigenvalue weighted by atomic mass is 10.2. The Morgan fingerprint density at radius 2 is 2.50 bits per heavy atom. The summed E-state index contributed by atoms with van der Waals surface area (Å²) in [6.07, 6.45) is 1.71. The van der Waals surface area contributed by atoms with Crippen LogP contribution in [-0.4, -0.2) is 28.3 Å². The van der Waals surface area contributed by atoms with Crippen LogP contribution >= 0.6 is 0 Å². The molecule has 0 aliphatic carbocycles. The van der Waals surface area contributed by atoms with Crippen molar-refractivity contribution in [3.8, 4) is 0 Å². The number of rotatable bonds is 5. The van der Waals surface area contributed by atoms with Crippen LogP contribution in [0.5, 0.6) is 0 Å². The number of hydrogen-bond donors (Lipinski definition) is 2. The lowest BCUT2D eigenvalue weighted by Gasteiger charge is -2.14. The Morgan fingerprint density at radius 3 is 2.93 bits per heavy atom. The third kappa shape index (κ3) is 2.56. The summed E-state index contributed by atoms with van der Waals surface area (Å²) in [4.78, 5) is 11.0. The number of primary amides is 1. The quantitative estimate of drug-likeness (QED) is 0.676. The zero-order valence-corrected chi connectivity index (χ0v) is 8.53. The van der Waals surface area contributed by atoms with Crippen LogP contribution in [0.3, 0.4) is 0 Å². The second kappa shape index (κ2) is 4.76. The minimum absolute atomic E-state index is 0.346. The van der Waals surface area contributed by atoms with E-state index in [4.69, 9.17) is 5.73 Å². The molecule has 0 radical (unpaired) electrons. The van der Waals surface area contributed by atoms with Crippen molar-refractivity contribution in [3.05, 3.63) is 18.0 Å². The molecule has 0 spiro atoms. The van der Waals surface area contributed by atoms with Crippen LogP contribution in [0.25, 0.3) is 0 Å². The molecular weight excluding hydrogens is 180 g/mol. The molecule has 0 saturated carbocycles. The zero-order chi connectivity index (χ0) is 10.6. The van der Waals surface area contributed by atoms with Crippen LogP contribution in [0, 0.1) is 6.92 Å². The number of aryl methyl sites for hydroxylation is 1. The van der Waals surface area contributed by atoms with E-state index >= 15 is 0 Å². The van der Waals surface area contributed by atoms with Crippen molar-refractivity contribution in [3.63, 3.8) is 0 Å². The maximum atomic E-state index is 11.0. The van der Waals surface area contributed by atoms with Crippen molar-refractivity contribution >= 4 is 5.91 Å². The third-order valence-corrected chi connectivity index (χ3v) is 2.08. The molecule has 0 fully saturated rings. The van der Waals surface area contributed by atoms with Crippen molar-refractivity contribution < 1.29 is 4.79 Å². The average molecular weight is 196 g/mol. The summed E-state index contributed by atoms with van der Waals surface area (Å²) >= 11 is 0. The second-order valence-corrected chi connectivity index (χ2v) is 3.17. The zero-order valence-electron chi connectivity index (χ0n) is 8.53. The van der Waals surface area contributed by atoms with Crippen LogP contribution in [0.1, 0.15) is 12.6 Å². The summed E-state index contributed by atoms with van der Waals surface area (Å²) in [7, 11) is 0. The molecule has 1 amide bonds. The first-order valence-electron chi connectivity index (χ1n) is 4.66. The van der Waals surface area contributed by atoms with E-state index in [-0.39, 0.29) is 11.9 Å². The largest absolute Gasteiger partial charge is 0.368 e. The van der Waals surface area contributed by atoms with Gasteiger partial charge in [-0.15, -0.1) is 0 Å². The molecule has 1 aromatic rings. The Morgan fingerprint density at radius 1 is 1.79 bits per heavy atom. The van der Waals surface area contributed by atoms with Gasteiger partial charge in [-0.1, -0.05) is 6.92 Å². The SMILES string of the molecule is CCNC(Cn1nccc1C)C(N)=O. The smallest absolute Gasteiger partial charge is 0.236 e. The van der Waals surface area contributed by atoms with Crippen molar-refractivity contribution in [2.45, 2.75) is 26.4 Å². The van der Waals surface area contributed by atoms with Crippen LogP contribution in [0.15, 0.2) is 12.3 Å². The number of nitrogens with one attached hydrogen (secondary N) is 1. The third-order valence-electron chi connectivity index (χ3n) is 2.08. The molecule has 0 aromatic carbocycles. The fraction of sp³-hybridized carbons (Fsp3) is 0.556. The fourth-order valence-electron chi connectivity index (χ4n) is 1.26. The van der Waals surface area contributed by atoms with E-state index in [1.165, 1.54) is 0 Å². The van der Waals surface area contributed by atoms with Crippen LogP contribution in [-0.2, 0) is 11.3 Å². The van der Waals surface area contributed by atoms with Crippen LogP contribution < -0.4 is 11.1 Å². The fourth-order valence-corrected chi connectivity index (χ4v) is 1.26. The molecular formula is C9H16N4O. The number of nitrogens with zero attached hydrogens (tertiary/aromatic N) is 2. The van der Waals surface area contributed by atoms with Gasteiger partial charge in [0.25, 0.3) is 0 Å². The number of hydrogen-bond acceptors (Lipinski definition) is 3. The standard InChI is InChI=1S/C9H16N4O/c1-3-11-8(9(10)14)6-13-7(2)4-5-12-13/h4-5,8,11H,3,6H2,1-2H3,(H2,10,14). The highest BCUT2D eigenvalue weighted by Crippen LogP contribution is 1.97. The Bertz CT molecular complexity index is 308. The first kappa shape index (κ1) is 10.7. The molecule has 0 aliphatic rings. The maximum absolute atomic E-state index is 11.0. The number of carbonyl (C=O) groups is 1. The van der Waals surface area contributed by atoms with E-state index in [0.29, 0.717) is 13.1 Å². The summed E-state index contributed by atoms with van der Waals surface area (Å²) in [5, 5.41) is 7.10.